The Labute approximate surface area is 243 Å². The summed E-state index contributed by atoms with van der Waals surface area (Å²) >= 11 is 6.12. The molecular formula is C31H38ClN3O4S. The maximum absolute atomic E-state index is 14.2. The highest BCUT2D eigenvalue weighted by molar-refractivity contribution is 7.92. The van der Waals surface area contributed by atoms with Crippen LogP contribution in [0, 0.1) is 13.8 Å². The molecule has 0 aliphatic carbocycles. The van der Waals surface area contributed by atoms with E-state index in [1.807, 2.05) is 75.4 Å². The Bertz CT molecular complexity index is 1430. The quantitative estimate of drug-likeness (QED) is 0.314. The Hall–Kier alpha value is -3.36. The van der Waals surface area contributed by atoms with Gasteiger partial charge in [0.2, 0.25) is 21.8 Å². The Morgan fingerprint density at radius 2 is 1.60 bits per heavy atom. The molecule has 0 aliphatic rings. The number of hydrogen-bond acceptors (Lipinski definition) is 4. The fraction of sp³-hybridized carbons (Fsp3) is 0.355. The van der Waals surface area contributed by atoms with Gasteiger partial charge < -0.3 is 10.2 Å². The van der Waals surface area contributed by atoms with Crippen molar-refractivity contribution in [3.8, 4) is 0 Å². The molecule has 0 saturated heterocycles. The van der Waals surface area contributed by atoms with E-state index < -0.39 is 28.5 Å². The molecule has 0 bridgehead atoms. The third-order valence-corrected chi connectivity index (χ3v) is 8.34. The maximum atomic E-state index is 14.2. The van der Waals surface area contributed by atoms with Gasteiger partial charge in [0.15, 0.2) is 0 Å². The molecule has 0 aliphatic heterocycles. The molecule has 0 heterocycles. The summed E-state index contributed by atoms with van der Waals surface area (Å²) in [5.41, 5.74) is 3.71. The number of carbonyl (C=O) groups excluding carboxylic acids is 2. The number of nitrogens with zero attached hydrogens (tertiary/aromatic N) is 2. The van der Waals surface area contributed by atoms with Gasteiger partial charge in [0.25, 0.3) is 0 Å². The largest absolute Gasteiger partial charge is 0.352 e. The van der Waals surface area contributed by atoms with Gasteiger partial charge in [-0.15, -0.1) is 0 Å². The summed E-state index contributed by atoms with van der Waals surface area (Å²) < 4.78 is 27.0. The summed E-state index contributed by atoms with van der Waals surface area (Å²) in [5, 5.41) is 3.50. The van der Waals surface area contributed by atoms with Crippen LogP contribution in [0.1, 0.15) is 42.5 Å². The molecule has 0 unspecified atom stereocenters. The van der Waals surface area contributed by atoms with Crippen molar-refractivity contribution in [2.45, 2.75) is 59.2 Å². The lowest BCUT2D eigenvalue weighted by atomic mass is 10.0. The van der Waals surface area contributed by atoms with Crippen molar-refractivity contribution in [3.63, 3.8) is 0 Å². The van der Waals surface area contributed by atoms with Gasteiger partial charge in [-0.25, -0.2) is 8.42 Å². The molecule has 9 heteroatoms. The first-order chi connectivity index (χ1) is 18.9. The van der Waals surface area contributed by atoms with Gasteiger partial charge in [-0.3, -0.25) is 13.9 Å². The number of rotatable bonds is 12. The van der Waals surface area contributed by atoms with Crippen LogP contribution in [0.15, 0.2) is 72.8 Å². The maximum Gasteiger partial charge on any atom is 0.244 e. The minimum Gasteiger partial charge on any atom is -0.352 e. The molecular weight excluding hydrogens is 546 g/mol. The second-order valence-electron chi connectivity index (χ2n) is 10.2. The zero-order chi connectivity index (χ0) is 29.4. The molecule has 7 nitrogen and oxygen atoms in total. The summed E-state index contributed by atoms with van der Waals surface area (Å²) in [7, 11) is -3.85. The highest BCUT2D eigenvalue weighted by Crippen LogP contribution is 2.26. The van der Waals surface area contributed by atoms with Crippen LogP contribution in [-0.2, 0) is 32.6 Å². The first kappa shape index (κ1) is 31.2. The summed E-state index contributed by atoms with van der Waals surface area (Å²) in [6.07, 6.45) is 2.07. The van der Waals surface area contributed by atoms with Crippen molar-refractivity contribution < 1.29 is 18.0 Å². The summed E-state index contributed by atoms with van der Waals surface area (Å²) in [5.74, 6) is -0.767. The second-order valence-corrected chi connectivity index (χ2v) is 12.5. The molecule has 1 N–H and O–H groups in total. The van der Waals surface area contributed by atoms with E-state index in [-0.39, 0.29) is 24.9 Å². The van der Waals surface area contributed by atoms with E-state index in [1.165, 1.54) is 4.90 Å². The van der Waals surface area contributed by atoms with Crippen molar-refractivity contribution in [3.05, 3.63) is 100 Å². The van der Waals surface area contributed by atoms with Crippen LogP contribution in [0.2, 0.25) is 5.02 Å². The third-order valence-electron chi connectivity index (χ3n) is 6.98. The number of carbonyl (C=O) groups is 2. The van der Waals surface area contributed by atoms with Gasteiger partial charge in [-0.2, -0.15) is 0 Å². The average molecular weight is 584 g/mol. The third kappa shape index (κ3) is 8.32. The lowest BCUT2D eigenvalue weighted by molar-refractivity contribution is -0.140. The summed E-state index contributed by atoms with van der Waals surface area (Å²) in [6, 6.07) is 21.1. The number of aryl methyl sites for hydroxylation is 2. The van der Waals surface area contributed by atoms with Crippen molar-refractivity contribution in [2.24, 2.45) is 0 Å². The normalized spacial score (nSPS) is 12.8. The summed E-state index contributed by atoms with van der Waals surface area (Å²) in [6.45, 7) is 7.27. The van der Waals surface area contributed by atoms with Crippen molar-refractivity contribution in [1.29, 1.82) is 0 Å². The molecule has 0 fully saturated rings. The number of amides is 2. The van der Waals surface area contributed by atoms with Crippen molar-refractivity contribution in [2.75, 3.05) is 17.1 Å². The number of nitrogens with one attached hydrogen (secondary N) is 1. The number of benzene rings is 3. The number of halogens is 1. The van der Waals surface area contributed by atoms with Crippen LogP contribution in [0.3, 0.4) is 0 Å². The summed E-state index contributed by atoms with van der Waals surface area (Å²) in [4.78, 5) is 29.4. The smallest absolute Gasteiger partial charge is 0.244 e. The lowest BCUT2D eigenvalue weighted by Gasteiger charge is -2.34. The predicted molar refractivity (Wildman–Crippen MR) is 162 cm³/mol. The van der Waals surface area contributed by atoms with Gasteiger partial charge >= 0.3 is 0 Å². The Balaban J connectivity index is 2.09. The van der Waals surface area contributed by atoms with Crippen molar-refractivity contribution >= 4 is 39.1 Å². The highest BCUT2D eigenvalue weighted by atomic mass is 35.5. The van der Waals surface area contributed by atoms with Crippen LogP contribution in [0.5, 0.6) is 0 Å². The monoisotopic (exact) mass is 583 g/mol. The second kappa shape index (κ2) is 13.8. The number of sulfonamides is 1. The topological polar surface area (TPSA) is 86.8 Å². The molecule has 3 aromatic rings. The van der Waals surface area contributed by atoms with E-state index in [1.54, 1.807) is 25.1 Å². The SMILES string of the molecule is CC[C@H](C)NC(=O)[C@H](Cc1ccccc1)N(Cc1ccccc1C)C(=O)CN(c1ccc(Cl)cc1C)S(C)(=O)=O. The fourth-order valence-electron chi connectivity index (χ4n) is 4.46. The molecule has 0 radical (unpaired) electrons. The van der Waals surface area contributed by atoms with E-state index in [9.17, 15) is 18.0 Å². The van der Waals surface area contributed by atoms with Gasteiger partial charge in [0, 0.05) is 24.0 Å². The zero-order valence-electron chi connectivity index (χ0n) is 23.7. The van der Waals surface area contributed by atoms with Gasteiger partial charge in [0.05, 0.1) is 11.9 Å². The predicted octanol–water partition coefficient (Wildman–Crippen LogP) is 5.28. The van der Waals surface area contributed by atoms with E-state index in [0.29, 0.717) is 16.3 Å². The van der Waals surface area contributed by atoms with Crippen molar-refractivity contribution in [1.82, 2.24) is 10.2 Å². The molecule has 214 valence electrons. The van der Waals surface area contributed by atoms with Gasteiger partial charge in [-0.1, -0.05) is 73.1 Å². The Morgan fingerprint density at radius 1 is 0.950 bits per heavy atom. The average Bonchev–Trinajstić information content (AvgIpc) is 2.90. The molecule has 40 heavy (non-hydrogen) atoms. The van der Waals surface area contributed by atoms with Crippen LogP contribution in [-0.4, -0.2) is 50.0 Å². The van der Waals surface area contributed by atoms with Crippen LogP contribution >= 0.6 is 11.6 Å². The van der Waals surface area contributed by atoms with E-state index >= 15 is 0 Å². The van der Waals surface area contributed by atoms with E-state index in [4.69, 9.17) is 11.6 Å². The molecule has 3 rings (SSSR count). The van der Waals surface area contributed by atoms with E-state index in [2.05, 4.69) is 5.32 Å². The molecule has 2 amide bonds. The highest BCUT2D eigenvalue weighted by Gasteiger charge is 2.34. The van der Waals surface area contributed by atoms with E-state index in [0.717, 1.165) is 33.7 Å². The fourth-order valence-corrected chi connectivity index (χ4v) is 5.59. The lowest BCUT2D eigenvalue weighted by Crippen LogP contribution is -2.54. The van der Waals surface area contributed by atoms with Gasteiger partial charge in [-0.05, 0) is 67.6 Å². The van der Waals surface area contributed by atoms with Crippen LogP contribution in [0.4, 0.5) is 5.69 Å². The first-order valence-corrected chi connectivity index (χ1v) is 15.6. The van der Waals surface area contributed by atoms with Gasteiger partial charge in [0.1, 0.15) is 12.6 Å². The molecule has 3 aromatic carbocycles. The first-order valence-electron chi connectivity index (χ1n) is 13.3. The Morgan fingerprint density at radius 3 is 2.20 bits per heavy atom. The minimum absolute atomic E-state index is 0.0922. The Kier molecular flexibility index (Phi) is 10.8. The number of hydrogen-bond donors (Lipinski definition) is 1. The molecule has 0 aromatic heterocycles. The number of anilines is 1. The molecule has 0 spiro atoms. The van der Waals surface area contributed by atoms with Crippen LogP contribution in [0.25, 0.3) is 0 Å². The standard InChI is InChI=1S/C31H38ClN3O4S/c1-6-24(4)33-31(37)29(19-25-13-8-7-9-14-25)34(20-26-15-11-10-12-22(26)2)30(36)21-35(40(5,38)39)28-17-16-27(32)18-23(28)3/h7-18,24,29H,6,19-21H2,1-5H3,(H,33,37)/t24-,29-/m0/s1. The van der Waals surface area contributed by atoms with Crippen LogP contribution < -0.4 is 9.62 Å². The zero-order valence-corrected chi connectivity index (χ0v) is 25.3. The minimum atomic E-state index is -3.85. The molecule has 0 saturated carbocycles. The molecule has 2 atom stereocenters.